The van der Waals surface area contributed by atoms with Gasteiger partial charge in [0.05, 0.1) is 0 Å². The van der Waals surface area contributed by atoms with E-state index in [4.69, 9.17) is 0 Å². The van der Waals surface area contributed by atoms with E-state index in [0.29, 0.717) is 5.54 Å². The van der Waals surface area contributed by atoms with Gasteiger partial charge in [0, 0.05) is 37.4 Å². The number of likely N-dealkylation sites (N-methyl/N-ethyl adjacent to an activating group) is 1. The molecule has 0 amide bonds. The van der Waals surface area contributed by atoms with E-state index in [-0.39, 0.29) is 0 Å². The fourth-order valence-corrected chi connectivity index (χ4v) is 3.22. The molecular weight excluding hydrogens is 258 g/mol. The maximum atomic E-state index is 3.65. The molecule has 1 N–H and O–H groups in total. The standard InChI is InChI=1S/C18H31N3/c1-5-21(6-2)17-10-8-16(9-11-17)14-19-15-18(20(3)4)12-7-13-18/h8-11,19H,5-7,12-15H2,1-4H3. The molecule has 0 saturated heterocycles. The number of anilines is 1. The predicted octanol–water partition coefficient (Wildman–Crippen LogP) is 3.11. The van der Waals surface area contributed by atoms with Crippen LogP contribution in [0.3, 0.4) is 0 Å². The van der Waals surface area contributed by atoms with Gasteiger partial charge in [-0.1, -0.05) is 12.1 Å². The van der Waals surface area contributed by atoms with Crippen LogP contribution >= 0.6 is 0 Å². The first-order valence-electron chi connectivity index (χ1n) is 8.33. The summed E-state index contributed by atoms with van der Waals surface area (Å²) in [7, 11) is 4.42. The van der Waals surface area contributed by atoms with E-state index < -0.39 is 0 Å². The monoisotopic (exact) mass is 289 g/mol. The van der Waals surface area contributed by atoms with E-state index in [0.717, 1.165) is 26.2 Å². The summed E-state index contributed by atoms with van der Waals surface area (Å²) in [6.45, 7) is 8.61. The summed E-state index contributed by atoms with van der Waals surface area (Å²) >= 11 is 0. The predicted molar refractivity (Wildman–Crippen MR) is 92.0 cm³/mol. The Hall–Kier alpha value is -1.06. The van der Waals surface area contributed by atoms with Gasteiger partial charge < -0.3 is 15.1 Å². The molecule has 3 nitrogen and oxygen atoms in total. The number of hydrogen-bond acceptors (Lipinski definition) is 3. The third-order valence-corrected chi connectivity index (χ3v) is 5.08. The average molecular weight is 289 g/mol. The molecule has 1 aliphatic rings. The van der Waals surface area contributed by atoms with Crippen LogP contribution in [0.15, 0.2) is 24.3 Å². The minimum Gasteiger partial charge on any atom is -0.372 e. The van der Waals surface area contributed by atoms with Gasteiger partial charge in [0.15, 0.2) is 0 Å². The summed E-state index contributed by atoms with van der Waals surface area (Å²) in [5.41, 5.74) is 3.10. The van der Waals surface area contributed by atoms with Gasteiger partial charge in [-0.2, -0.15) is 0 Å². The van der Waals surface area contributed by atoms with E-state index in [9.17, 15) is 0 Å². The van der Waals surface area contributed by atoms with Crippen molar-refractivity contribution in [2.24, 2.45) is 0 Å². The molecule has 2 rings (SSSR count). The first kappa shape index (κ1) is 16.3. The largest absolute Gasteiger partial charge is 0.372 e. The van der Waals surface area contributed by atoms with Crippen LogP contribution in [-0.4, -0.2) is 44.2 Å². The molecule has 118 valence electrons. The quantitative estimate of drug-likeness (QED) is 0.793. The molecular formula is C18H31N3. The van der Waals surface area contributed by atoms with Crippen LogP contribution in [0.5, 0.6) is 0 Å². The third kappa shape index (κ3) is 3.78. The molecule has 1 aromatic rings. The van der Waals surface area contributed by atoms with Crippen molar-refractivity contribution in [3.8, 4) is 0 Å². The number of nitrogens with one attached hydrogen (secondary N) is 1. The van der Waals surface area contributed by atoms with Crippen LogP contribution in [-0.2, 0) is 6.54 Å². The van der Waals surface area contributed by atoms with Crippen molar-refractivity contribution < 1.29 is 0 Å². The first-order valence-corrected chi connectivity index (χ1v) is 8.33. The highest BCUT2D eigenvalue weighted by atomic mass is 15.2. The Morgan fingerprint density at radius 1 is 1.05 bits per heavy atom. The molecule has 1 saturated carbocycles. The van der Waals surface area contributed by atoms with Crippen LogP contribution < -0.4 is 10.2 Å². The SMILES string of the molecule is CCN(CC)c1ccc(CNCC2(N(C)C)CCC2)cc1. The van der Waals surface area contributed by atoms with E-state index in [1.54, 1.807) is 0 Å². The minimum atomic E-state index is 0.404. The molecule has 0 atom stereocenters. The van der Waals surface area contributed by atoms with E-state index in [1.165, 1.54) is 30.5 Å². The van der Waals surface area contributed by atoms with Crippen molar-refractivity contribution in [1.29, 1.82) is 0 Å². The van der Waals surface area contributed by atoms with Gasteiger partial charge in [0.1, 0.15) is 0 Å². The van der Waals surface area contributed by atoms with Gasteiger partial charge in [-0.3, -0.25) is 0 Å². The molecule has 1 aromatic carbocycles. The molecule has 0 spiro atoms. The summed E-state index contributed by atoms with van der Waals surface area (Å²) in [5, 5.41) is 3.65. The van der Waals surface area contributed by atoms with Crippen molar-refractivity contribution >= 4 is 5.69 Å². The number of rotatable bonds is 8. The molecule has 0 radical (unpaired) electrons. The highest BCUT2D eigenvalue weighted by Crippen LogP contribution is 2.35. The van der Waals surface area contributed by atoms with Crippen LogP contribution in [0, 0.1) is 0 Å². The fraction of sp³-hybridized carbons (Fsp3) is 0.667. The zero-order valence-corrected chi connectivity index (χ0v) is 14.2. The molecule has 0 aliphatic heterocycles. The molecule has 1 fully saturated rings. The number of benzene rings is 1. The van der Waals surface area contributed by atoms with Gasteiger partial charge in [0.2, 0.25) is 0 Å². The second-order valence-electron chi connectivity index (χ2n) is 6.41. The van der Waals surface area contributed by atoms with Gasteiger partial charge in [-0.15, -0.1) is 0 Å². The van der Waals surface area contributed by atoms with Gasteiger partial charge in [-0.05, 0) is 64.9 Å². The second kappa shape index (κ2) is 7.28. The average Bonchev–Trinajstić information content (AvgIpc) is 2.44. The summed E-state index contributed by atoms with van der Waals surface area (Å²) in [6, 6.07) is 9.00. The number of hydrogen-bond donors (Lipinski definition) is 1. The van der Waals surface area contributed by atoms with Gasteiger partial charge in [0.25, 0.3) is 0 Å². The topological polar surface area (TPSA) is 18.5 Å². The van der Waals surface area contributed by atoms with Crippen molar-refractivity contribution in [1.82, 2.24) is 10.2 Å². The lowest BCUT2D eigenvalue weighted by Crippen LogP contribution is -2.56. The van der Waals surface area contributed by atoms with Crippen molar-refractivity contribution in [3.63, 3.8) is 0 Å². The van der Waals surface area contributed by atoms with Crippen molar-refractivity contribution in [2.75, 3.05) is 38.6 Å². The van der Waals surface area contributed by atoms with Crippen LogP contribution in [0.25, 0.3) is 0 Å². The highest BCUT2D eigenvalue weighted by molar-refractivity contribution is 5.47. The molecule has 0 aromatic heterocycles. The third-order valence-electron chi connectivity index (χ3n) is 5.08. The van der Waals surface area contributed by atoms with Crippen LogP contribution in [0.1, 0.15) is 38.7 Å². The van der Waals surface area contributed by atoms with Crippen LogP contribution in [0.4, 0.5) is 5.69 Å². The Bertz CT molecular complexity index is 417. The fourth-order valence-electron chi connectivity index (χ4n) is 3.22. The first-order chi connectivity index (χ1) is 10.1. The second-order valence-corrected chi connectivity index (χ2v) is 6.41. The van der Waals surface area contributed by atoms with E-state index in [2.05, 4.69) is 67.3 Å². The Morgan fingerprint density at radius 2 is 1.67 bits per heavy atom. The normalized spacial score (nSPS) is 16.8. The molecule has 0 heterocycles. The Balaban J connectivity index is 1.84. The molecule has 3 heteroatoms. The Kier molecular flexibility index (Phi) is 5.65. The van der Waals surface area contributed by atoms with Gasteiger partial charge in [-0.25, -0.2) is 0 Å². The Labute approximate surface area is 130 Å². The zero-order valence-electron chi connectivity index (χ0n) is 14.2. The summed E-state index contributed by atoms with van der Waals surface area (Å²) in [4.78, 5) is 4.78. The van der Waals surface area contributed by atoms with Crippen molar-refractivity contribution in [3.05, 3.63) is 29.8 Å². The molecule has 1 aliphatic carbocycles. The highest BCUT2D eigenvalue weighted by Gasteiger charge is 2.38. The van der Waals surface area contributed by atoms with E-state index in [1.807, 2.05) is 0 Å². The smallest absolute Gasteiger partial charge is 0.0366 e. The Morgan fingerprint density at radius 3 is 2.10 bits per heavy atom. The molecule has 21 heavy (non-hydrogen) atoms. The summed E-state index contributed by atoms with van der Waals surface area (Å²) < 4.78 is 0. The summed E-state index contributed by atoms with van der Waals surface area (Å²) in [6.07, 6.45) is 4.03. The lowest BCUT2D eigenvalue weighted by atomic mass is 9.75. The van der Waals surface area contributed by atoms with Gasteiger partial charge >= 0.3 is 0 Å². The van der Waals surface area contributed by atoms with Crippen LogP contribution in [0.2, 0.25) is 0 Å². The summed E-state index contributed by atoms with van der Waals surface area (Å²) in [5.74, 6) is 0. The molecule has 0 unspecified atom stereocenters. The zero-order chi connectivity index (χ0) is 15.3. The maximum absolute atomic E-state index is 3.65. The minimum absolute atomic E-state index is 0.404. The number of nitrogens with zero attached hydrogens (tertiary/aromatic N) is 2. The molecule has 0 bridgehead atoms. The lowest BCUT2D eigenvalue weighted by molar-refractivity contribution is 0.0598. The maximum Gasteiger partial charge on any atom is 0.0366 e. The van der Waals surface area contributed by atoms with Crippen molar-refractivity contribution in [2.45, 2.75) is 45.2 Å². The van der Waals surface area contributed by atoms with E-state index >= 15 is 0 Å². The lowest BCUT2D eigenvalue weighted by Gasteiger charge is -2.47.